The lowest BCUT2D eigenvalue weighted by Crippen LogP contribution is -2.44. The highest BCUT2D eigenvalue weighted by molar-refractivity contribution is 5.92. The van der Waals surface area contributed by atoms with E-state index in [0.29, 0.717) is 5.69 Å². The van der Waals surface area contributed by atoms with Gasteiger partial charge in [-0.1, -0.05) is 11.3 Å². The van der Waals surface area contributed by atoms with Crippen LogP contribution in [0.1, 0.15) is 34.9 Å². The van der Waals surface area contributed by atoms with Crippen molar-refractivity contribution in [1.82, 2.24) is 35.1 Å². The molecule has 1 N–H and O–H groups in total. The highest BCUT2D eigenvalue weighted by Crippen LogP contribution is 2.32. The Bertz CT molecular complexity index is 726. The van der Waals surface area contributed by atoms with Gasteiger partial charge >= 0.3 is 0 Å². The van der Waals surface area contributed by atoms with Gasteiger partial charge in [0.2, 0.25) is 0 Å². The lowest BCUT2D eigenvalue weighted by molar-refractivity contribution is 0.0729. The van der Waals surface area contributed by atoms with Crippen LogP contribution in [0.5, 0.6) is 0 Å². The zero-order chi connectivity index (χ0) is 17.8. The van der Waals surface area contributed by atoms with Crippen molar-refractivity contribution in [3.05, 3.63) is 42.0 Å². The van der Waals surface area contributed by atoms with E-state index in [1.807, 2.05) is 23.2 Å². The maximum Gasteiger partial charge on any atom is 0.276 e. The predicted molar refractivity (Wildman–Crippen MR) is 96.6 cm³/mol. The van der Waals surface area contributed by atoms with Gasteiger partial charge in [0, 0.05) is 51.7 Å². The maximum absolute atomic E-state index is 12.9. The third-order valence-corrected chi connectivity index (χ3v) is 5.20. The number of amides is 1. The van der Waals surface area contributed by atoms with Crippen LogP contribution in [0.25, 0.3) is 0 Å². The molecular formula is C18H25N7O. The fourth-order valence-corrected chi connectivity index (χ4v) is 3.76. The fourth-order valence-electron chi connectivity index (χ4n) is 3.76. The molecule has 26 heavy (non-hydrogen) atoms. The smallest absolute Gasteiger partial charge is 0.276 e. The van der Waals surface area contributed by atoms with E-state index in [-0.39, 0.29) is 11.9 Å². The molecule has 4 heterocycles. The lowest BCUT2D eigenvalue weighted by atomic mass is 10.1. The molecule has 2 fully saturated rings. The Kier molecular flexibility index (Phi) is 5.21. The summed E-state index contributed by atoms with van der Waals surface area (Å²) in [5.74, 6) is -0.0372. The number of hydrogen-bond donors (Lipinski definition) is 1. The monoisotopic (exact) mass is 355 g/mol. The highest BCUT2D eigenvalue weighted by atomic mass is 16.2. The SMILES string of the molecule is O=C(c1cn(CCN2CCNCC2)nn1)N1CCC[C@@H]1c1cccnc1. The van der Waals surface area contributed by atoms with Gasteiger partial charge in [-0.05, 0) is 24.5 Å². The quantitative estimate of drug-likeness (QED) is 0.844. The summed E-state index contributed by atoms with van der Waals surface area (Å²) in [5, 5.41) is 11.6. The molecule has 0 spiro atoms. The predicted octanol–water partition coefficient (Wildman–Crippen LogP) is 0.556. The highest BCUT2D eigenvalue weighted by Gasteiger charge is 2.32. The minimum absolute atomic E-state index is 0.0372. The Morgan fingerprint density at radius 1 is 1.23 bits per heavy atom. The largest absolute Gasteiger partial charge is 0.330 e. The molecule has 8 nitrogen and oxygen atoms in total. The number of likely N-dealkylation sites (tertiary alicyclic amines) is 1. The molecule has 1 atom stereocenters. The molecule has 0 aromatic carbocycles. The Balaban J connectivity index is 1.39. The number of pyridine rings is 1. The van der Waals surface area contributed by atoms with Gasteiger partial charge in [-0.15, -0.1) is 5.10 Å². The zero-order valence-electron chi connectivity index (χ0n) is 14.9. The van der Waals surface area contributed by atoms with Crippen molar-refractivity contribution < 1.29 is 4.79 Å². The van der Waals surface area contributed by atoms with E-state index < -0.39 is 0 Å². The number of rotatable bonds is 5. The molecule has 0 bridgehead atoms. The fraction of sp³-hybridized carbons (Fsp3) is 0.556. The van der Waals surface area contributed by atoms with Crippen LogP contribution in [-0.2, 0) is 6.54 Å². The van der Waals surface area contributed by atoms with Crippen molar-refractivity contribution in [3.8, 4) is 0 Å². The van der Waals surface area contributed by atoms with Gasteiger partial charge in [0.15, 0.2) is 5.69 Å². The first kappa shape index (κ1) is 17.1. The number of carbonyl (C=O) groups is 1. The number of nitrogens with zero attached hydrogens (tertiary/aromatic N) is 6. The van der Waals surface area contributed by atoms with Crippen molar-refractivity contribution in [2.75, 3.05) is 39.3 Å². The van der Waals surface area contributed by atoms with Crippen LogP contribution in [0.2, 0.25) is 0 Å². The van der Waals surface area contributed by atoms with Gasteiger partial charge in [-0.25, -0.2) is 0 Å². The number of aromatic nitrogens is 4. The Hall–Kier alpha value is -2.32. The van der Waals surface area contributed by atoms with Crippen LogP contribution in [0.15, 0.2) is 30.7 Å². The normalized spacial score (nSPS) is 21.2. The summed E-state index contributed by atoms with van der Waals surface area (Å²) in [6.07, 6.45) is 7.36. The summed E-state index contributed by atoms with van der Waals surface area (Å²) in [4.78, 5) is 21.4. The van der Waals surface area contributed by atoms with E-state index in [1.165, 1.54) is 0 Å². The van der Waals surface area contributed by atoms with Gasteiger partial charge in [0.05, 0.1) is 18.8 Å². The van der Waals surface area contributed by atoms with Crippen molar-refractivity contribution in [2.45, 2.75) is 25.4 Å². The van der Waals surface area contributed by atoms with Crippen LogP contribution in [-0.4, -0.2) is 75.0 Å². The second-order valence-corrected chi connectivity index (χ2v) is 6.90. The van der Waals surface area contributed by atoms with E-state index in [1.54, 1.807) is 17.1 Å². The van der Waals surface area contributed by atoms with E-state index in [2.05, 4.69) is 25.5 Å². The summed E-state index contributed by atoms with van der Waals surface area (Å²) in [7, 11) is 0. The van der Waals surface area contributed by atoms with E-state index in [9.17, 15) is 4.79 Å². The average molecular weight is 355 g/mol. The molecule has 0 aliphatic carbocycles. The molecule has 138 valence electrons. The summed E-state index contributed by atoms with van der Waals surface area (Å²) in [6, 6.07) is 4.04. The lowest BCUT2D eigenvalue weighted by Gasteiger charge is -2.26. The van der Waals surface area contributed by atoms with E-state index >= 15 is 0 Å². The minimum atomic E-state index is -0.0372. The number of piperazine rings is 1. The molecule has 2 aromatic rings. The Labute approximate surface area is 153 Å². The van der Waals surface area contributed by atoms with Crippen molar-refractivity contribution in [1.29, 1.82) is 0 Å². The molecule has 0 saturated carbocycles. The van der Waals surface area contributed by atoms with Crippen molar-refractivity contribution >= 4 is 5.91 Å². The van der Waals surface area contributed by atoms with Crippen LogP contribution >= 0.6 is 0 Å². The number of carbonyl (C=O) groups excluding carboxylic acids is 1. The maximum atomic E-state index is 12.9. The summed E-state index contributed by atoms with van der Waals surface area (Å²) < 4.78 is 1.78. The first-order valence-electron chi connectivity index (χ1n) is 9.35. The van der Waals surface area contributed by atoms with Gasteiger partial charge in [0.1, 0.15) is 0 Å². The molecule has 2 aliphatic rings. The van der Waals surface area contributed by atoms with Crippen LogP contribution in [0.4, 0.5) is 0 Å². The summed E-state index contributed by atoms with van der Waals surface area (Å²) in [5.41, 5.74) is 1.52. The van der Waals surface area contributed by atoms with Crippen molar-refractivity contribution in [3.63, 3.8) is 0 Å². The Morgan fingerprint density at radius 3 is 2.92 bits per heavy atom. The topological polar surface area (TPSA) is 79.2 Å². The molecule has 2 aromatic heterocycles. The molecule has 2 saturated heterocycles. The molecular weight excluding hydrogens is 330 g/mol. The van der Waals surface area contributed by atoms with Crippen LogP contribution < -0.4 is 5.32 Å². The van der Waals surface area contributed by atoms with E-state index in [4.69, 9.17) is 0 Å². The summed E-state index contributed by atoms with van der Waals surface area (Å²) in [6.45, 7) is 6.62. The second kappa shape index (κ2) is 7.92. The first-order chi connectivity index (χ1) is 12.8. The Morgan fingerprint density at radius 2 is 2.12 bits per heavy atom. The van der Waals surface area contributed by atoms with Crippen LogP contribution in [0, 0.1) is 0 Å². The van der Waals surface area contributed by atoms with Crippen molar-refractivity contribution in [2.24, 2.45) is 0 Å². The number of nitrogens with one attached hydrogen (secondary N) is 1. The van der Waals surface area contributed by atoms with Gasteiger partial charge < -0.3 is 10.2 Å². The molecule has 0 unspecified atom stereocenters. The first-order valence-corrected chi connectivity index (χ1v) is 9.35. The molecule has 8 heteroatoms. The molecule has 2 aliphatic heterocycles. The summed E-state index contributed by atoms with van der Waals surface area (Å²) >= 11 is 0. The third-order valence-electron chi connectivity index (χ3n) is 5.20. The average Bonchev–Trinajstić information content (AvgIpc) is 3.37. The second-order valence-electron chi connectivity index (χ2n) is 6.90. The van der Waals surface area contributed by atoms with Gasteiger partial charge in [-0.3, -0.25) is 19.4 Å². The van der Waals surface area contributed by atoms with Gasteiger partial charge in [0.25, 0.3) is 5.91 Å². The minimum Gasteiger partial charge on any atom is -0.330 e. The van der Waals surface area contributed by atoms with E-state index in [0.717, 1.165) is 64.2 Å². The molecule has 4 rings (SSSR count). The van der Waals surface area contributed by atoms with Gasteiger partial charge in [-0.2, -0.15) is 0 Å². The molecule has 1 amide bonds. The molecule has 0 radical (unpaired) electrons. The standard InChI is InChI=1S/C18H25N7O/c26-18(25-8-2-4-17(25)15-3-1-5-20-13-15)16-14-24(22-21-16)12-11-23-9-6-19-7-10-23/h1,3,5,13-14,17,19H,2,4,6-12H2/t17-/m1/s1. The number of hydrogen-bond acceptors (Lipinski definition) is 6. The van der Waals surface area contributed by atoms with Crippen LogP contribution in [0.3, 0.4) is 0 Å². The third kappa shape index (κ3) is 3.76. The zero-order valence-corrected chi connectivity index (χ0v) is 14.9.